The number of carbonyl (C=O) groups excluding carboxylic acids is 1. The van der Waals surface area contributed by atoms with Crippen LogP contribution in [0.15, 0.2) is 27.5 Å². The summed E-state index contributed by atoms with van der Waals surface area (Å²) >= 11 is 0. The second kappa shape index (κ2) is 6.09. The zero-order valence-electron chi connectivity index (χ0n) is 14.2. The average Bonchev–Trinajstić information content (AvgIpc) is 3.11. The first-order valence-electron chi connectivity index (χ1n) is 8.59. The summed E-state index contributed by atoms with van der Waals surface area (Å²) in [7, 11) is 0. The van der Waals surface area contributed by atoms with Crippen LogP contribution >= 0.6 is 0 Å². The third kappa shape index (κ3) is 2.75. The number of amides is 1. The van der Waals surface area contributed by atoms with E-state index < -0.39 is 0 Å². The summed E-state index contributed by atoms with van der Waals surface area (Å²) in [6.45, 7) is 7.58. The van der Waals surface area contributed by atoms with E-state index in [4.69, 9.17) is 8.94 Å². The Labute approximate surface area is 141 Å². The van der Waals surface area contributed by atoms with Crippen molar-refractivity contribution in [3.05, 3.63) is 41.2 Å². The van der Waals surface area contributed by atoms with E-state index >= 15 is 0 Å². The van der Waals surface area contributed by atoms with Crippen molar-refractivity contribution in [2.24, 2.45) is 5.92 Å². The summed E-state index contributed by atoms with van der Waals surface area (Å²) in [5.74, 6) is 1.52. The molecule has 0 radical (unpaired) electrons. The van der Waals surface area contributed by atoms with Crippen LogP contribution in [0.25, 0.3) is 0 Å². The molecule has 5 rings (SSSR count). The van der Waals surface area contributed by atoms with Crippen LogP contribution in [0.4, 0.5) is 0 Å². The Morgan fingerprint density at radius 3 is 2.88 bits per heavy atom. The van der Waals surface area contributed by atoms with Crippen molar-refractivity contribution in [2.75, 3.05) is 19.6 Å². The van der Waals surface area contributed by atoms with Crippen LogP contribution in [-0.4, -0.2) is 46.5 Å². The molecule has 6 heteroatoms. The van der Waals surface area contributed by atoms with E-state index in [0.29, 0.717) is 11.5 Å². The first-order valence-corrected chi connectivity index (χ1v) is 8.59. The molecule has 2 aromatic rings. The molecule has 3 saturated heterocycles. The third-order valence-electron chi connectivity index (χ3n) is 5.38. The van der Waals surface area contributed by atoms with Crippen molar-refractivity contribution in [3.8, 4) is 0 Å². The van der Waals surface area contributed by atoms with Gasteiger partial charge in [0.2, 0.25) is 0 Å². The van der Waals surface area contributed by atoms with Gasteiger partial charge in [-0.15, -0.1) is 0 Å². The average molecular weight is 329 g/mol. The first-order chi connectivity index (χ1) is 11.6. The lowest BCUT2D eigenvalue weighted by molar-refractivity contribution is 0.0584. The van der Waals surface area contributed by atoms with E-state index in [-0.39, 0.29) is 11.9 Å². The molecule has 1 amide bonds. The summed E-state index contributed by atoms with van der Waals surface area (Å²) in [6.07, 6.45) is 5.37. The Morgan fingerprint density at radius 2 is 2.17 bits per heavy atom. The zero-order chi connectivity index (χ0) is 16.7. The largest absolute Gasteiger partial charge is 0.472 e. The van der Waals surface area contributed by atoms with Crippen molar-refractivity contribution in [1.82, 2.24) is 15.0 Å². The molecule has 0 N–H and O–H groups in total. The molecule has 2 atom stereocenters. The van der Waals surface area contributed by atoms with E-state index in [2.05, 4.69) is 10.1 Å². The number of piperidine rings is 1. The molecule has 3 fully saturated rings. The molecule has 0 spiro atoms. The number of furan rings is 1. The molecule has 0 unspecified atom stereocenters. The van der Waals surface area contributed by atoms with Gasteiger partial charge in [0.15, 0.2) is 0 Å². The standard InChI is InChI=1S/C18H23N3O3/c1-12-17(13(2)24-19-12)10-20-7-14-3-4-16(9-20)21(8-14)18(22)15-5-6-23-11-15/h5-6,11,14,16H,3-4,7-10H2,1-2H3/t14-,16+/m0/s1. The van der Waals surface area contributed by atoms with Crippen LogP contribution < -0.4 is 0 Å². The van der Waals surface area contributed by atoms with Gasteiger partial charge in [-0.2, -0.15) is 0 Å². The molecule has 24 heavy (non-hydrogen) atoms. The van der Waals surface area contributed by atoms with Gasteiger partial charge in [-0.25, -0.2) is 0 Å². The van der Waals surface area contributed by atoms with Crippen molar-refractivity contribution in [3.63, 3.8) is 0 Å². The number of rotatable bonds is 3. The highest BCUT2D eigenvalue weighted by Gasteiger charge is 2.37. The fourth-order valence-electron chi connectivity index (χ4n) is 4.06. The van der Waals surface area contributed by atoms with Crippen LogP contribution in [-0.2, 0) is 6.54 Å². The van der Waals surface area contributed by atoms with Gasteiger partial charge in [0.25, 0.3) is 5.91 Å². The summed E-state index contributed by atoms with van der Waals surface area (Å²) in [4.78, 5) is 17.3. The van der Waals surface area contributed by atoms with E-state index in [0.717, 1.165) is 44.1 Å². The lowest BCUT2D eigenvalue weighted by Crippen LogP contribution is -2.47. The minimum Gasteiger partial charge on any atom is -0.472 e. The number of nitrogens with zero attached hydrogens (tertiary/aromatic N) is 3. The van der Waals surface area contributed by atoms with E-state index in [1.165, 1.54) is 12.0 Å². The summed E-state index contributed by atoms with van der Waals surface area (Å²) in [5, 5.41) is 4.06. The van der Waals surface area contributed by atoms with Gasteiger partial charge < -0.3 is 13.8 Å². The Balaban J connectivity index is 1.51. The van der Waals surface area contributed by atoms with E-state index in [1.54, 1.807) is 18.6 Å². The predicted octanol–water partition coefficient (Wildman–Crippen LogP) is 2.62. The van der Waals surface area contributed by atoms with Gasteiger partial charge in [0.1, 0.15) is 12.0 Å². The number of hydrogen-bond acceptors (Lipinski definition) is 5. The maximum Gasteiger partial charge on any atom is 0.257 e. The fourth-order valence-corrected chi connectivity index (χ4v) is 4.06. The van der Waals surface area contributed by atoms with Crippen LogP contribution in [0.2, 0.25) is 0 Å². The Morgan fingerprint density at radius 1 is 1.29 bits per heavy atom. The van der Waals surface area contributed by atoms with E-state index in [9.17, 15) is 4.79 Å². The smallest absolute Gasteiger partial charge is 0.257 e. The molecular weight excluding hydrogens is 306 g/mol. The maximum absolute atomic E-state index is 12.8. The van der Waals surface area contributed by atoms with Crippen molar-refractivity contribution >= 4 is 5.91 Å². The van der Waals surface area contributed by atoms with Crippen molar-refractivity contribution in [2.45, 2.75) is 39.3 Å². The number of aryl methyl sites for hydroxylation is 2. The van der Waals surface area contributed by atoms with Crippen LogP contribution in [0.5, 0.6) is 0 Å². The minimum atomic E-state index is 0.0950. The van der Waals surface area contributed by atoms with Gasteiger partial charge in [-0.05, 0) is 38.7 Å². The molecule has 0 aromatic carbocycles. The highest BCUT2D eigenvalue weighted by molar-refractivity contribution is 5.94. The van der Waals surface area contributed by atoms with E-state index in [1.807, 2.05) is 18.7 Å². The number of carbonyl (C=O) groups is 1. The molecule has 0 aliphatic carbocycles. The molecule has 128 valence electrons. The van der Waals surface area contributed by atoms with Crippen LogP contribution in [0.1, 0.15) is 40.2 Å². The molecule has 0 saturated carbocycles. The Bertz CT molecular complexity index is 702. The quantitative estimate of drug-likeness (QED) is 0.866. The molecule has 2 aromatic heterocycles. The summed E-state index contributed by atoms with van der Waals surface area (Å²) in [6, 6.07) is 2.02. The SMILES string of the molecule is Cc1noc(C)c1CN1C[C@@H]2CC[C@H](C1)N(C(=O)c1ccoc1)C2. The summed E-state index contributed by atoms with van der Waals surface area (Å²) in [5.41, 5.74) is 2.80. The second-order valence-electron chi connectivity index (χ2n) is 7.06. The normalized spacial score (nSPS) is 24.3. The fraction of sp³-hybridized carbons (Fsp3) is 0.556. The summed E-state index contributed by atoms with van der Waals surface area (Å²) < 4.78 is 10.4. The number of fused-ring (bicyclic) bond motifs is 4. The maximum atomic E-state index is 12.8. The first kappa shape index (κ1) is 15.4. The van der Waals surface area contributed by atoms with Crippen molar-refractivity contribution in [1.29, 1.82) is 0 Å². The topological polar surface area (TPSA) is 62.7 Å². The predicted molar refractivity (Wildman–Crippen MR) is 87.5 cm³/mol. The highest BCUT2D eigenvalue weighted by Crippen LogP contribution is 2.30. The zero-order valence-corrected chi connectivity index (χ0v) is 14.2. The Kier molecular flexibility index (Phi) is 3.92. The van der Waals surface area contributed by atoms with Gasteiger partial charge in [0, 0.05) is 37.8 Å². The van der Waals surface area contributed by atoms with Gasteiger partial charge in [-0.1, -0.05) is 5.16 Å². The van der Waals surface area contributed by atoms with Gasteiger partial charge in [-0.3, -0.25) is 9.69 Å². The lowest BCUT2D eigenvalue weighted by atomic mass is 9.94. The third-order valence-corrected chi connectivity index (χ3v) is 5.38. The molecule has 2 bridgehead atoms. The minimum absolute atomic E-state index is 0.0950. The highest BCUT2D eigenvalue weighted by atomic mass is 16.5. The monoisotopic (exact) mass is 329 g/mol. The van der Waals surface area contributed by atoms with Crippen LogP contribution in [0, 0.1) is 19.8 Å². The second-order valence-corrected chi connectivity index (χ2v) is 7.06. The van der Waals surface area contributed by atoms with Gasteiger partial charge in [0.05, 0.1) is 17.5 Å². The molecular formula is C18H23N3O3. The van der Waals surface area contributed by atoms with Crippen molar-refractivity contribution < 1.29 is 13.7 Å². The molecule has 6 nitrogen and oxygen atoms in total. The lowest BCUT2D eigenvalue weighted by Gasteiger charge is -2.36. The molecule has 3 aliphatic rings. The van der Waals surface area contributed by atoms with Gasteiger partial charge >= 0.3 is 0 Å². The number of aromatic nitrogens is 1. The molecule has 5 heterocycles. The van der Waals surface area contributed by atoms with Crippen LogP contribution in [0.3, 0.4) is 0 Å². The number of hydrogen-bond donors (Lipinski definition) is 0. The molecule has 3 aliphatic heterocycles. The Hall–Kier alpha value is -2.08.